The maximum Gasteiger partial charge on any atom is 0.0332 e. The van der Waals surface area contributed by atoms with Gasteiger partial charge in [-0.3, -0.25) is 4.90 Å². The van der Waals surface area contributed by atoms with Crippen molar-refractivity contribution in [3.05, 3.63) is 22.4 Å². The molecule has 1 aliphatic carbocycles. The lowest BCUT2D eigenvalue weighted by molar-refractivity contribution is 0.0667. The minimum Gasteiger partial charge on any atom is -0.311 e. The minimum atomic E-state index is 0.687. The van der Waals surface area contributed by atoms with Crippen molar-refractivity contribution >= 4 is 11.3 Å². The summed E-state index contributed by atoms with van der Waals surface area (Å²) in [6.07, 6.45) is 7.23. The molecule has 2 fully saturated rings. The van der Waals surface area contributed by atoms with E-state index in [9.17, 15) is 0 Å². The van der Waals surface area contributed by atoms with Crippen molar-refractivity contribution in [3.63, 3.8) is 0 Å². The topological polar surface area (TPSA) is 15.3 Å². The molecule has 0 aromatic carbocycles. The molecule has 0 spiro atoms. The van der Waals surface area contributed by atoms with Crippen molar-refractivity contribution < 1.29 is 0 Å². The quantitative estimate of drug-likeness (QED) is 0.900. The fourth-order valence-corrected chi connectivity index (χ4v) is 4.88. The van der Waals surface area contributed by atoms with Crippen molar-refractivity contribution in [2.45, 2.75) is 64.6 Å². The van der Waals surface area contributed by atoms with Crippen molar-refractivity contribution in [2.24, 2.45) is 11.8 Å². The van der Waals surface area contributed by atoms with E-state index in [4.69, 9.17) is 0 Å². The maximum atomic E-state index is 3.89. The van der Waals surface area contributed by atoms with Crippen LogP contribution < -0.4 is 5.32 Å². The summed E-state index contributed by atoms with van der Waals surface area (Å²) in [7, 11) is 0. The summed E-state index contributed by atoms with van der Waals surface area (Å²) >= 11 is 1.91. The molecule has 2 atom stereocenters. The van der Waals surface area contributed by atoms with Crippen molar-refractivity contribution in [3.8, 4) is 0 Å². The van der Waals surface area contributed by atoms with Crippen LogP contribution in [0.4, 0.5) is 0 Å². The average Bonchev–Trinajstić information content (AvgIpc) is 3.01. The van der Waals surface area contributed by atoms with E-state index in [0.29, 0.717) is 6.04 Å². The molecule has 3 heteroatoms. The lowest BCUT2D eigenvalue weighted by Crippen LogP contribution is -2.59. The van der Waals surface area contributed by atoms with Gasteiger partial charge in [0, 0.05) is 36.6 Å². The van der Waals surface area contributed by atoms with Gasteiger partial charge < -0.3 is 5.32 Å². The van der Waals surface area contributed by atoms with Crippen LogP contribution in [0.15, 0.2) is 17.5 Å². The molecule has 1 saturated carbocycles. The van der Waals surface area contributed by atoms with Crippen LogP contribution in [-0.4, -0.2) is 30.1 Å². The maximum absolute atomic E-state index is 3.89. The molecule has 2 nitrogen and oxygen atoms in total. The normalized spacial score (nSPS) is 29.1. The van der Waals surface area contributed by atoms with Crippen molar-refractivity contribution in [1.82, 2.24) is 10.2 Å². The number of nitrogens with one attached hydrogen (secondary N) is 1. The third-order valence-corrected chi connectivity index (χ3v) is 6.28. The van der Waals surface area contributed by atoms with E-state index >= 15 is 0 Å². The largest absolute Gasteiger partial charge is 0.311 e. The number of hydrogen-bond acceptors (Lipinski definition) is 3. The summed E-state index contributed by atoms with van der Waals surface area (Å²) in [6.45, 7) is 8.30. The first-order chi connectivity index (χ1) is 10.2. The number of nitrogens with zero attached hydrogens (tertiary/aromatic N) is 1. The van der Waals surface area contributed by atoms with Crippen LogP contribution >= 0.6 is 11.3 Å². The van der Waals surface area contributed by atoms with Crippen LogP contribution in [0.1, 0.15) is 50.8 Å². The van der Waals surface area contributed by atoms with Crippen molar-refractivity contribution in [2.75, 3.05) is 13.1 Å². The second-order valence-corrected chi connectivity index (χ2v) is 8.27. The zero-order valence-electron chi connectivity index (χ0n) is 13.6. The first-order valence-electron chi connectivity index (χ1n) is 8.74. The van der Waals surface area contributed by atoms with Crippen LogP contribution in [-0.2, 0) is 6.54 Å². The molecule has 0 amide bonds. The molecule has 1 saturated heterocycles. The molecule has 0 radical (unpaired) electrons. The van der Waals surface area contributed by atoms with Crippen LogP contribution in [0, 0.1) is 11.8 Å². The van der Waals surface area contributed by atoms with Gasteiger partial charge in [-0.1, -0.05) is 39.2 Å². The van der Waals surface area contributed by atoms with Crippen molar-refractivity contribution in [1.29, 1.82) is 0 Å². The van der Waals surface area contributed by atoms with E-state index in [1.807, 2.05) is 11.3 Å². The Hall–Kier alpha value is -0.380. The highest BCUT2D eigenvalue weighted by molar-refractivity contribution is 7.09. The highest BCUT2D eigenvalue weighted by Crippen LogP contribution is 2.30. The van der Waals surface area contributed by atoms with E-state index < -0.39 is 0 Å². The van der Waals surface area contributed by atoms with Crippen LogP contribution in [0.3, 0.4) is 0 Å². The van der Waals surface area contributed by atoms with E-state index in [0.717, 1.165) is 24.4 Å². The summed E-state index contributed by atoms with van der Waals surface area (Å²) < 4.78 is 0. The Kier molecular flexibility index (Phi) is 5.36. The van der Waals surface area contributed by atoms with E-state index in [1.54, 1.807) is 0 Å². The van der Waals surface area contributed by atoms with Gasteiger partial charge in [0.1, 0.15) is 0 Å². The predicted molar refractivity (Wildman–Crippen MR) is 91.7 cm³/mol. The molecule has 1 aliphatic heterocycles. The van der Waals surface area contributed by atoms with Gasteiger partial charge in [-0.05, 0) is 36.1 Å². The Bertz CT molecular complexity index is 409. The Morgan fingerprint density at radius 1 is 1.29 bits per heavy atom. The monoisotopic (exact) mass is 306 g/mol. The molecular weight excluding hydrogens is 276 g/mol. The number of hydrogen-bond donors (Lipinski definition) is 1. The zero-order chi connectivity index (χ0) is 14.7. The molecule has 118 valence electrons. The summed E-state index contributed by atoms with van der Waals surface area (Å²) in [4.78, 5) is 4.27. The predicted octanol–water partition coefficient (Wildman–Crippen LogP) is 4.13. The summed E-state index contributed by atoms with van der Waals surface area (Å²) in [6, 6.07) is 5.89. The minimum absolute atomic E-state index is 0.687. The van der Waals surface area contributed by atoms with Crippen LogP contribution in [0.2, 0.25) is 0 Å². The Morgan fingerprint density at radius 3 is 2.76 bits per heavy atom. The fourth-order valence-electron chi connectivity index (χ4n) is 4.15. The van der Waals surface area contributed by atoms with E-state index in [1.165, 1.54) is 50.1 Å². The van der Waals surface area contributed by atoms with Crippen LogP contribution in [0.25, 0.3) is 0 Å². The molecule has 1 aromatic heterocycles. The number of rotatable bonds is 4. The number of thiophene rings is 1. The van der Waals surface area contributed by atoms with Gasteiger partial charge in [-0.15, -0.1) is 11.3 Å². The van der Waals surface area contributed by atoms with Gasteiger partial charge in [0.2, 0.25) is 0 Å². The standard InChI is InChI=1S/C18H30N2S/c1-14(2)18-11-19-17(15-7-4-3-5-8-15)13-20(18)12-16-9-6-10-21-16/h6,9-10,14-15,17-19H,3-5,7-8,11-13H2,1-2H3. The summed E-state index contributed by atoms with van der Waals surface area (Å²) in [5, 5.41) is 6.10. The lowest BCUT2D eigenvalue weighted by Gasteiger charge is -2.45. The first kappa shape index (κ1) is 15.5. The lowest BCUT2D eigenvalue weighted by atomic mass is 9.82. The average molecular weight is 307 g/mol. The Balaban J connectivity index is 1.65. The van der Waals surface area contributed by atoms with Crippen LogP contribution in [0.5, 0.6) is 0 Å². The fraction of sp³-hybridized carbons (Fsp3) is 0.778. The molecule has 2 aliphatic rings. The van der Waals surface area contributed by atoms with Gasteiger partial charge in [0.15, 0.2) is 0 Å². The highest BCUT2D eigenvalue weighted by Gasteiger charge is 2.34. The summed E-state index contributed by atoms with van der Waals surface area (Å²) in [5.74, 6) is 1.64. The van der Waals surface area contributed by atoms with E-state index in [-0.39, 0.29) is 0 Å². The van der Waals surface area contributed by atoms with Gasteiger partial charge in [-0.25, -0.2) is 0 Å². The third kappa shape index (κ3) is 3.88. The molecule has 0 bridgehead atoms. The van der Waals surface area contributed by atoms with E-state index in [2.05, 4.69) is 41.6 Å². The number of piperazine rings is 1. The van der Waals surface area contributed by atoms with Gasteiger partial charge in [-0.2, -0.15) is 0 Å². The summed E-state index contributed by atoms with van der Waals surface area (Å²) in [5.41, 5.74) is 0. The first-order valence-corrected chi connectivity index (χ1v) is 9.62. The molecule has 2 unspecified atom stereocenters. The second kappa shape index (κ2) is 7.26. The SMILES string of the molecule is CC(C)C1CNC(C2CCCCC2)CN1Cc1cccs1. The Labute approximate surface area is 133 Å². The molecule has 21 heavy (non-hydrogen) atoms. The van der Waals surface area contributed by atoms with Gasteiger partial charge >= 0.3 is 0 Å². The smallest absolute Gasteiger partial charge is 0.0332 e. The van der Waals surface area contributed by atoms with Gasteiger partial charge in [0.05, 0.1) is 0 Å². The molecule has 1 aromatic rings. The van der Waals surface area contributed by atoms with Gasteiger partial charge in [0.25, 0.3) is 0 Å². The molecule has 3 rings (SSSR count). The highest BCUT2D eigenvalue weighted by atomic mass is 32.1. The molecular formula is C18H30N2S. The third-order valence-electron chi connectivity index (χ3n) is 5.42. The zero-order valence-corrected chi connectivity index (χ0v) is 14.4. The second-order valence-electron chi connectivity index (χ2n) is 7.23. The Morgan fingerprint density at radius 2 is 2.10 bits per heavy atom. The molecule has 1 N–H and O–H groups in total. The molecule has 2 heterocycles.